The Hall–Kier alpha value is -2.01. The lowest BCUT2D eigenvalue weighted by Gasteiger charge is -2.23. The van der Waals surface area contributed by atoms with E-state index in [9.17, 15) is 5.11 Å². The van der Waals surface area contributed by atoms with E-state index in [4.69, 9.17) is 14.5 Å². The number of aryl methyl sites for hydroxylation is 1. The van der Waals surface area contributed by atoms with Crippen molar-refractivity contribution in [3.8, 4) is 11.5 Å². The Labute approximate surface area is 201 Å². The highest BCUT2D eigenvalue weighted by Gasteiger charge is 2.25. The van der Waals surface area contributed by atoms with E-state index < -0.39 is 5.60 Å². The molecule has 9 heteroatoms. The van der Waals surface area contributed by atoms with Crippen LogP contribution in [0.5, 0.6) is 11.5 Å². The zero-order valence-corrected chi connectivity index (χ0v) is 21.3. The van der Waals surface area contributed by atoms with E-state index in [2.05, 4.69) is 28.7 Å². The van der Waals surface area contributed by atoms with E-state index in [-0.39, 0.29) is 30.1 Å². The van der Waals surface area contributed by atoms with E-state index in [0.717, 1.165) is 29.0 Å². The molecule has 0 saturated carbocycles. The molecule has 1 aliphatic rings. The number of nitrogens with one attached hydrogen (secondary N) is 2. The average molecular weight is 543 g/mol. The number of nitrogens with zero attached hydrogens (tertiary/aromatic N) is 3. The monoisotopic (exact) mass is 543 g/mol. The highest BCUT2D eigenvalue weighted by atomic mass is 127. The second-order valence-electron chi connectivity index (χ2n) is 7.86. The number of rotatable bonds is 8. The predicted octanol–water partition coefficient (Wildman–Crippen LogP) is 2.72. The minimum Gasteiger partial charge on any atom is -0.494 e. The Morgan fingerprint density at radius 2 is 2.16 bits per heavy atom. The molecule has 2 unspecified atom stereocenters. The fourth-order valence-electron chi connectivity index (χ4n) is 3.46. The number of benzene rings is 1. The summed E-state index contributed by atoms with van der Waals surface area (Å²) in [5.74, 6) is 2.38. The average Bonchev–Trinajstić information content (AvgIpc) is 3.29. The SMILES string of the molecule is CCNC(=NCc1cc2c(cc1OCC)CC(C)O2)NCC(C)(O)c1cnn(C)c1.I. The smallest absolute Gasteiger partial charge is 0.191 e. The summed E-state index contributed by atoms with van der Waals surface area (Å²) in [5, 5.41) is 21.4. The molecule has 2 atom stereocenters. The van der Waals surface area contributed by atoms with Crippen molar-refractivity contribution in [1.29, 1.82) is 0 Å². The van der Waals surface area contributed by atoms with E-state index in [1.165, 1.54) is 5.56 Å². The second kappa shape index (κ2) is 11.0. The molecule has 172 valence electrons. The van der Waals surface area contributed by atoms with Crippen LogP contribution in [0.1, 0.15) is 44.4 Å². The summed E-state index contributed by atoms with van der Waals surface area (Å²) >= 11 is 0. The third kappa shape index (κ3) is 6.49. The van der Waals surface area contributed by atoms with Gasteiger partial charge in [0.2, 0.25) is 0 Å². The van der Waals surface area contributed by atoms with Gasteiger partial charge in [0.05, 0.1) is 25.9 Å². The first-order chi connectivity index (χ1) is 14.3. The third-order valence-corrected chi connectivity index (χ3v) is 5.06. The van der Waals surface area contributed by atoms with Crippen LogP contribution in [-0.4, -0.2) is 46.6 Å². The van der Waals surface area contributed by atoms with Crippen molar-refractivity contribution < 1.29 is 14.6 Å². The number of aromatic nitrogens is 2. The maximum Gasteiger partial charge on any atom is 0.191 e. The molecule has 0 fully saturated rings. The first-order valence-electron chi connectivity index (χ1n) is 10.5. The highest BCUT2D eigenvalue weighted by molar-refractivity contribution is 14.0. The zero-order valence-electron chi connectivity index (χ0n) is 18.9. The molecule has 3 rings (SSSR count). The second-order valence-corrected chi connectivity index (χ2v) is 7.86. The molecule has 1 aromatic heterocycles. The standard InChI is InChI=1S/C22H33N5O3.HI/c1-6-23-21(25-14-22(4,28)18-12-26-27(5)13-18)24-11-17-10-20-16(8-15(3)30-20)9-19(17)29-7-2;/h9-10,12-13,15,28H,6-8,11,14H2,1-5H3,(H2,23,24,25);1H. The van der Waals surface area contributed by atoms with Crippen LogP contribution in [0, 0.1) is 0 Å². The van der Waals surface area contributed by atoms with E-state index in [0.29, 0.717) is 32.2 Å². The summed E-state index contributed by atoms with van der Waals surface area (Å²) in [7, 11) is 1.83. The maximum atomic E-state index is 10.8. The van der Waals surface area contributed by atoms with Crippen molar-refractivity contribution in [2.75, 3.05) is 19.7 Å². The summed E-state index contributed by atoms with van der Waals surface area (Å²) in [6.07, 6.45) is 4.56. The Balaban J connectivity index is 0.00000341. The lowest BCUT2D eigenvalue weighted by atomic mass is 10.00. The van der Waals surface area contributed by atoms with Gasteiger partial charge in [0.25, 0.3) is 0 Å². The van der Waals surface area contributed by atoms with Crippen LogP contribution in [0.3, 0.4) is 0 Å². The normalized spacial score (nSPS) is 17.2. The number of hydrogen-bond acceptors (Lipinski definition) is 5. The first kappa shape index (κ1) is 25.3. The Morgan fingerprint density at radius 3 is 2.81 bits per heavy atom. The number of ether oxygens (including phenoxy) is 2. The van der Waals surface area contributed by atoms with Crippen LogP contribution in [0.4, 0.5) is 0 Å². The minimum absolute atomic E-state index is 0. The van der Waals surface area contributed by atoms with Crippen molar-refractivity contribution in [2.45, 2.75) is 52.4 Å². The molecule has 31 heavy (non-hydrogen) atoms. The molecule has 1 aromatic carbocycles. The van der Waals surface area contributed by atoms with Gasteiger partial charge in [-0.25, -0.2) is 4.99 Å². The van der Waals surface area contributed by atoms with Crippen molar-refractivity contribution in [1.82, 2.24) is 20.4 Å². The van der Waals surface area contributed by atoms with Crippen LogP contribution < -0.4 is 20.1 Å². The maximum absolute atomic E-state index is 10.8. The van der Waals surface area contributed by atoms with Crippen molar-refractivity contribution in [3.05, 3.63) is 41.2 Å². The molecule has 8 nitrogen and oxygen atoms in total. The minimum atomic E-state index is -1.07. The van der Waals surface area contributed by atoms with Crippen molar-refractivity contribution in [3.63, 3.8) is 0 Å². The van der Waals surface area contributed by atoms with Gasteiger partial charge in [0.15, 0.2) is 5.96 Å². The molecule has 1 aliphatic heterocycles. The highest BCUT2D eigenvalue weighted by Crippen LogP contribution is 2.35. The number of halogens is 1. The fraction of sp³-hybridized carbons (Fsp3) is 0.545. The van der Waals surface area contributed by atoms with Gasteiger partial charge in [0.1, 0.15) is 23.2 Å². The molecule has 0 spiro atoms. The molecule has 0 radical (unpaired) electrons. The summed E-state index contributed by atoms with van der Waals surface area (Å²) in [6, 6.07) is 4.10. The lowest BCUT2D eigenvalue weighted by molar-refractivity contribution is 0.0616. The number of guanidine groups is 1. The van der Waals surface area contributed by atoms with Gasteiger partial charge in [-0.05, 0) is 39.8 Å². The fourth-order valence-corrected chi connectivity index (χ4v) is 3.46. The molecule has 3 N–H and O–H groups in total. The molecule has 0 saturated heterocycles. The topological polar surface area (TPSA) is 92.9 Å². The molecule has 0 bridgehead atoms. The lowest BCUT2D eigenvalue weighted by Crippen LogP contribution is -2.44. The predicted molar refractivity (Wildman–Crippen MR) is 132 cm³/mol. The summed E-state index contributed by atoms with van der Waals surface area (Å²) in [6.45, 7) is 9.85. The number of aliphatic imine (C=N–C) groups is 1. The van der Waals surface area contributed by atoms with Crippen LogP contribution in [0.2, 0.25) is 0 Å². The number of aliphatic hydroxyl groups is 1. The van der Waals surface area contributed by atoms with E-state index in [1.54, 1.807) is 17.8 Å². The molecule has 2 heterocycles. The van der Waals surface area contributed by atoms with Crippen molar-refractivity contribution >= 4 is 29.9 Å². The van der Waals surface area contributed by atoms with Crippen LogP contribution in [0.25, 0.3) is 0 Å². The molecular weight excluding hydrogens is 509 g/mol. The molecule has 0 amide bonds. The molecular formula is C22H34IN5O3. The van der Waals surface area contributed by atoms with Gasteiger partial charge in [-0.2, -0.15) is 5.10 Å². The Bertz CT molecular complexity index is 897. The quantitative estimate of drug-likeness (QED) is 0.270. The largest absolute Gasteiger partial charge is 0.494 e. The van der Waals surface area contributed by atoms with Crippen molar-refractivity contribution in [2.24, 2.45) is 12.0 Å². The third-order valence-electron chi connectivity index (χ3n) is 5.06. The van der Waals surface area contributed by atoms with Crippen LogP contribution in [-0.2, 0) is 25.6 Å². The zero-order chi connectivity index (χ0) is 21.7. The van der Waals surface area contributed by atoms with Gasteiger partial charge in [-0.3, -0.25) is 4.68 Å². The van der Waals surface area contributed by atoms with E-state index >= 15 is 0 Å². The van der Waals surface area contributed by atoms with Gasteiger partial charge >= 0.3 is 0 Å². The first-order valence-corrected chi connectivity index (χ1v) is 10.5. The summed E-state index contributed by atoms with van der Waals surface area (Å²) in [5.41, 5.74) is 1.83. The number of fused-ring (bicyclic) bond motifs is 1. The number of hydrogen-bond donors (Lipinski definition) is 3. The Kier molecular flexibility index (Phi) is 8.99. The Morgan fingerprint density at radius 1 is 1.39 bits per heavy atom. The summed E-state index contributed by atoms with van der Waals surface area (Å²) < 4.78 is 13.4. The summed E-state index contributed by atoms with van der Waals surface area (Å²) in [4.78, 5) is 4.70. The molecule has 2 aromatic rings. The van der Waals surface area contributed by atoms with Gasteiger partial charge < -0.3 is 25.2 Å². The molecule has 0 aliphatic carbocycles. The van der Waals surface area contributed by atoms with Gasteiger partial charge in [-0.15, -0.1) is 24.0 Å². The van der Waals surface area contributed by atoms with Crippen LogP contribution in [0.15, 0.2) is 29.5 Å². The van der Waals surface area contributed by atoms with Crippen LogP contribution >= 0.6 is 24.0 Å². The van der Waals surface area contributed by atoms with E-state index in [1.807, 2.05) is 33.2 Å². The van der Waals surface area contributed by atoms with Gasteiger partial charge in [0, 0.05) is 42.9 Å². The van der Waals surface area contributed by atoms with Gasteiger partial charge in [-0.1, -0.05) is 0 Å².